The minimum absolute atomic E-state index is 0.0432. The lowest BCUT2D eigenvalue weighted by atomic mass is 9.59. The van der Waals surface area contributed by atoms with E-state index in [0.29, 0.717) is 5.92 Å². The van der Waals surface area contributed by atoms with E-state index in [1.807, 2.05) is 0 Å². The molecule has 1 nitrogen and oxygen atoms in total. The van der Waals surface area contributed by atoms with Crippen molar-refractivity contribution in [2.75, 3.05) is 0 Å². The van der Waals surface area contributed by atoms with Gasteiger partial charge in [-0.15, -0.1) is 0 Å². The van der Waals surface area contributed by atoms with E-state index < -0.39 is 0 Å². The van der Waals surface area contributed by atoms with Gasteiger partial charge in [-0.2, -0.15) is 5.26 Å². The van der Waals surface area contributed by atoms with Gasteiger partial charge < -0.3 is 0 Å². The number of nitriles is 1. The fraction of sp³-hybridized carbons (Fsp3) is 0.941. The second kappa shape index (κ2) is 6.60. The Morgan fingerprint density at radius 2 is 1.56 bits per heavy atom. The van der Waals surface area contributed by atoms with E-state index >= 15 is 0 Å². The van der Waals surface area contributed by atoms with Crippen molar-refractivity contribution in [2.24, 2.45) is 17.3 Å². The minimum Gasteiger partial charge on any atom is -0.198 e. The zero-order valence-electron chi connectivity index (χ0n) is 12.1. The first-order chi connectivity index (χ1) is 8.82. The topological polar surface area (TPSA) is 23.8 Å². The number of rotatable bonds is 2. The molecule has 0 heterocycles. The van der Waals surface area contributed by atoms with Gasteiger partial charge in [0.25, 0.3) is 0 Å². The Hall–Kier alpha value is -0.510. The molecule has 0 radical (unpaired) electrons. The third-order valence-corrected chi connectivity index (χ3v) is 5.61. The molecule has 2 atom stereocenters. The van der Waals surface area contributed by atoms with Gasteiger partial charge in [0.15, 0.2) is 0 Å². The summed E-state index contributed by atoms with van der Waals surface area (Å²) >= 11 is 0. The fourth-order valence-electron chi connectivity index (χ4n) is 4.53. The van der Waals surface area contributed by atoms with Gasteiger partial charge in [-0.25, -0.2) is 0 Å². The maximum Gasteiger partial charge on any atom is 0.0692 e. The Kier molecular flexibility index (Phi) is 5.10. The van der Waals surface area contributed by atoms with Crippen LogP contribution in [0.1, 0.15) is 84.0 Å². The molecule has 0 aromatic heterocycles. The smallest absolute Gasteiger partial charge is 0.0692 e. The van der Waals surface area contributed by atoms with E-state index in [9.17, 15) is 5.26 Å². The molecule has 2 fully saturated rings. The first-order valence-electron chi connectivity index (χ1n) is 8.23. The van der Waals surface area contributed by atoms with Crippen molar-refractivity contribution in [2.45, 2.75) is 84.0 Å². The van der Waals surface area contributed by atoms with E-state index in [1.165, 1.54) is 77.0 Å². The molecule has 0 amide bonds. The normalized spacial score (nSPS) is 33.1. The highest BCUT2D eigenvalue weighted by atomic mass is 14.5. The van der Waals surface area contributed by atoms with Gasteiger partial charge in [-0.3, -0.25) is 0 Å². The Balaban J connectivity index is 2.14. The van der Waals surface area contributed by atoms with Gasteiger partial charge in [0.05, 0.1) is 11.5 Å². The summed E-state index contributed by atoms with van der Waals surface area (Å²) in [7, 11) is 0. The van der Waals surface area contributed by atoms with E-state index in [0.717, 1.165) is 5.92 Å². The maximum absolute atomic E-state index is 9.87. The van der Waals surface area contributed by atoms with Crippen LogP contribution in [-0.4, -0.2) is 0 Å². The molecule has 0 spiro atoms. The molecule has 2 aliphatic rings. The third-order valence-electron chi connectivity index (χ3n) is 5.61. The zero-order valence-corrected chi connectivity index (χ0v) is 12.1. The summed E-state index contributed by atoms with van der Waals surface area (Å²) in [4.78, 5) is 0. The minimum atomic E-state index is 0.0432. The molecule has 0 N–H and O–H groups in total. The van der Waals surface area contributed by atoms with E-state index in [-0.39, 0.29) is 5.41 Å². The summed E-state index contributed by atoms with van der Waals surface area (Å²) in [6.07, 6.45) is 15.8. The second-order valence-electron chi connectivity index (χ2n) is 6.59. The van der Waals surface area contributed by atoms with Crippen LogP contribution in [0.4, 0.5) is 0 Å². The van der Waals surface area contributed by atoms with Crippen molar-refractivity contribution in [1.29, 1.82) is 5.26 Å². The molecular formula is C17H29N. The molecule has 0 saturated heterocycles. The first-order valence-corrected chi connectivity index (χ1v) is 8.23. The largest absolute Gasteiger partial charge is 0.198 e. The standard InChI is InChI=1S/C17H29N/c1-2-15-10-6-7-11-16(15)17(14-18)12-8-4-3-5-9-13-17/h15-16H,2-13H2,1H3. The fourth-order valence-corrected chi connectivity index (χ4v) is 4.53. The van der Waals surface area contributed by atoms with Crippen LogP contribution in [0.3, 0.4) is 0 Å². The molecule has 0 aromatic rings. The second-order valence-corrected chi connectivity index (χ2v) is 6.59. The lowest BCUT2D eigenvalue weighted by molar-refractivity contribution is 0.0800. The Labute approximate surface area is 113 Å². The average Bonchev–Trinajstić information content (AvgIpc) is 2.39. The summed E-state index contributed by atoms with van der Waals surface area (Å²) in [5.41, 5.74) is 0.0432. The zero-order chi connectivity index (χ0) is 12.8. The van der Waals surface area contributed by atoms with Crippen molar-refractivity contribution < 1.29 is 0 Å². The van der Waals surface area contributed by atoms with Crippen LogP contribution in [0.2, 0.25) is 0 Å². The SMILES string of the molecule is CCC1CCCCC1C1(C#N)CCCCCCC1. The molecule has 0 bridgehead atoms. The number of nitrogens with zero attached hydrogens (tertiary/aromatic N) is 1. The molecular weight excluding hydrogens is 218 g/mol. The highest BCUT2D eigenvalue weighted by molar-refractivity contribution is 5.05. The highest BCUT2D eigenvalue weighted by Gasteiger charge is 2.42. The van der Waals surface area contributed by atoms with Crippen molar-refractivity contribution in [3.05, 3.63) is 0 Å². The molecule has 0 aromatic carbocycles. The lowest BCUT2D eigenvalue weighted by Gasteiger charge is -2.43. The lowest BCUT2D eigenvalue weighted by Crippen LogP contribution is -2.37. The summed E-state index contributed by atoms with van der Waals surface area (Å²) in [5.74, 6) is 1.54. The van der Waals surface area contributed by atoms with Gasteiger partial charge in [0.2, 0.25) is 0 Å². The molecule has 2 aliphatic carbocycles. The average molecular weight is 247 g/mol. The van der Waals surface area contributed by atoms with Gasteiger partial charge in [-0.1, -0.05) is 64.7 Å². The van der Waals surface area contributed by atoms with Crippen LogP contribution in [-0.2, 0) is 0 Å². The van der Waals surface area contributed by atoms with Crippen molar-refractivity contribution in [3.8, 4) is 6.07 Å². The quantitative estimate of drug-likeness (QED) is 0.636. The molecule has 18 heavy (non-hydrogen) atoms. The molecule has 2 saturated carbocycles. The predicted octanol–water partition coefficient (Wildman–Crippen LogP) is 5.46. The van der Waals surface area contributed by atoms with Crippen LogP contribution in [0.25, 0.3) is 0 Å². The van der Waals surface area contributed by atoms with E-state index in [1.54, 1.807) is 0 Å². The number of hydrogen-bond acceptors (Lipinski definition) is 1. The predicted molar refractivity (Wildman–Crippen MR) is 76.1 cm³/mol. The van der Waals surface area contributed by atoms with Gasteiger partial charge >= 0.3 is 0 Å². The summed E-state index contributed by atoms with van der Waals surface area (Å²) in [6, 6.07) is 2.82. The molecule has 1 heteroatoms. The van der Waals surface area contributed by atoms with Crippen LogP contribution >= 0.6 is 0 Å². The van der Waals surface area contributed by atoms with E-state index in [2.05, 4.69) is 13.0 Å². The first kappa shape index (κ1) is 13.9. The van der Waals surface area contributed by atoms with E-state index in [4.69, 9.17) is 0 Å². The van der Waals surface area contributed by atoms with Crippen LogP contribution < -0.4 is 0 Å². The summed E-state index contributed by atoms with van der Waals surface area (Å²) < 4.78 is 0. The van der Waals surface area contributed by atoms with Crippen molar-refractivity contribution >= 4 is 0 Å². The number of hydrogen-bond donors (Lipinski definition) is 0. The van der Waals surface area contributed by atoms with Gasteiger partial charge in [-0.05, 0) is 31.1 Å². The molecule has 102 valence electrons. The summed E-state index contributed by atoms with van der Waals surface area (Å²) in [6.45, 7) is 2.33. The molecule has 2 rings (SSSR count). The highest BCUT2D eigenvalue weighted by Crippen LogP contribution is 2.49. The van der Waals surface area contributed by atoms with Gasteiger partial charge in [0.1, 0.15) is 0 Å². The maximum atomic E-state index is 9.87. The Morgan fingerprint density at radius 3 is 2.17 bits per heavy atom. The third kappa shape index (κ3) is 2.90. The monoisotopic (exact) mass is 247 g/mol. The van der Waals surface area contributed by atoms with Crippen LogP contribution in [0.5, 0.6) is 0 Å². The Bertz CT molecular complexity index is 280. The van der Waals surface area contributed by atoms with Crippen molar-refractivity contribution in [1.82, 2.24) is 0 Å². The Morgan fingerprint density at radius 1 is 0.944 bits per heavy atom. The van der Waals surface area contributed by atoms with Crippen molar-refractivity contribution in [3.63, 3.8) is 0 Å². The van der Waals surface area contributed by atoms with Crippen LogP contribution in [0, 0.1) is 28.6 Å². The molecule has 2 unspecified atom stereocenters. The van der Waals surface area contributed by atoms with Crippen LogP contribution in [0.15, 0.2) is 0 Å². The van der Waals surface area contributed by atoms with Gasteiger partial charge in [0, 0.05) is 0 Å². The summed E-state index contributed by atoms with van der Waals surface area (Å²) in [5, 5.41) is 9.87. The molecule has 0 aliphatic heterocycles.